The summed E-state index contributed by atoms with van der Waals surface area (Å²) in [6, 6.07) is 4.18. The van der Waals surface area contributed by atoms with Crippen molar-refractivity contribution >= 4 is 11.3 Å². The molecule has 4 nitrogen and oxygen atoms in total. The lowest BCUT2D eigenvalue weighted by atomic mass is 10.3. The summed E-state index contributed by atoms with van der Waals surface area (Å²) >= 11 is 1.76. The average Bonchev–Trinajstić information content (AvgIpc) is 2.95. The number of thiophene rings is 1. The third kappa shape index (κ3) is 3.15. The van der Waals surface area contributed by atoms with Crippen LogP contribution in [0, 0.1) is 0 Å². The van der Waals surface area contributed by atoms with Crippen molar-refractivity contribution in [1.82, 2.24) is 10.2 Å². The van der Waals surface area contributed by atoms with Crippen LogP contribution in [-0.2, 0) is 19.3 Å². The summed E-state index contributed by atoms with van der Waals surface area (Å²) in [7, 11) is 0. The maximum Gasteiger partial charge on any atom is 0.216 e. The summed E-state index contributed by atoms with van der Waals surface area (Å²) in [6.07, 6.45) is 3.46. The molecule has 0 aliphatic heterocycles. The van der Waals surface area contributed by atoms with Gasteiger partial charge >= 0.3 is 0 Å². The van der Waals surface area contributed by atoms with E-state index < -0.39 is 0 Å². The molecule has 2 rings (SSSR count). The standard InChI is InChI=1S/C11H15N3OS/c12-7-1-4-10-13-14-11(15-10)6-5-9-3-2-8-16-9/h2-3,8H,1,4-7,12H2. The van der Waals surface area contributed by atoms with E-state index in [0.717, 1.165) is 31.6 Å². The molecule has 2 heterocycles. The van der Waals surface area contributed by atoms with Crippen LogP contribution >= 0.6 is 11.3 Å². The zero-order valence-corrected chi connectivity index (χ0v) is 9.87. The highest BCUT2D eigenvalue weighted by molar-refractivity contribution is 7.09. The van der Waals surface area contributed by atoms with Gasteiger partial charge in [0.2, 0.25) is 11.8 Å². The summed E-state index contributed by atoms with van der Waals surface area (Å²) < 4.78 is 5.51. The highest BCUT2D eigenvalue weighted by atomic mass is 32.1. The van der Waals surface area contributed by atoms with E-state index in [9.17, 15) is 0 Å². The fraction of sp³-hybridized carbons (Fsp3) is 0.455. The molecular formula is C11H15N3OS. The van der Waals surface area contributed by atoms with Crippen LogP contribution < -0.4 is 5.73 Å². The molecule has 0 unspecified atom stereocenters. The molecule has 5 heteroatoms. The third-order valence-electron chi connectivity index (χ3n) is 2.27. The Hall–Kier alpha value is -1.20. The third-order valence-corrected chi connectivity index (χ3v) is 3.21. The minimum atomic E-state index is 0.660. The van der Waals surface area contributed by atoms with Crippen LogP contribution in [0.15, 0.2) is 21.9 Å². The Balaban J connectivity index is 1.83. The molecule has 0 saturated heterocycles. The van der Waals surface area contributed by atoms with Gasteiger partial charge in [0.05, 0.1) is 0 Å². The molecule has 2 aromatic heterocycles. The number of aromatic nitrogens is 2. The first kappa shape index (κ1) is 11.3. The maximum absolute atomic E-state index is 5.51. The minimum absolute atomic E-state index is 0.660. The Morgan fingerprint density at radius 3 is 2.69 bits per heavy atom. The molecule has 0 bridgehead atoms. The lowest BCUT2D eigenvalue weighted by molar-refractivity contribution is 0.445. The van der Waals surface area contributed by atoms with E-state index in [-0.39, 0.29) is 0 Å². The van der Waals surface area contributed by atoms with Gasteiger partial charge in [0, 0.05) is 17.7 Å². The first-order chi connectivity index (χ1) is 7.88. The van der Waals surface area contributed by atoms with Crippen LogP contribution in [0.3, 0.4) is 0 Å². The molecule has 0 atom stereocenters. The lowest BCUT2D eigenvalue weighted by Gasteiger charge is -1.93. The topological polar surface area (TPSA) is 64.9 Å². The van der Waals surface area contributed by atoms with Crippen molar-refractivity contribution in [2.75, 3.05) is 6.54 Å². The molecule has 0 aromatic carbocycles. The Labute approximate surface area is 98.5 Å². The molecule has 2 aromatic rings. The van der Waals surface area contributed by atoms with Gasteiger partial charge < -0.3 is 10.2 Å². The van der Waals surface area contributed by atoms with Gasteiger partial charge in [-0.1, -0.05) is 6.07 Å². The Morgan fingerprint density at radius 1 is 1.19 bits per heavy atom. The van der Waals surface area contributed by atoms with E-state index in [1.165, 1.54) is 4.88 Å². The number of nitrogens with zero attached hydrogens (tertiary/aromatic N) is 2. The molecule has 16 heavy (non-hydrogen) atoms. The molecule has 0 spiro atoms. The largest absolute Gasteiger partial charge is 0.425 e. The van der Waals surface area contributed by atoms with Gasteiger partial charge in [-0.3, -0.25) is 0 Å². The number of aryl methyl sites for hydroxylation is 3. The summed E-state index contributed by atoms with van der Waals surface area (Å²) in [6.45, 7) is 0.660. The van der Waals surface area contributed by atoms with Crippen molar-refractivity contribution in [3.63, 3.8) is 0 Å². The zero-order valence-electron chi connectivity index (χ0n) is 9.06. The molecule has 2 N–H and O–H groups in total. The first-order valence-corrected chi connectivity index (χ1v) is 6.30. The van der Waals surface area contributed by atoms with Crippen molar-refractivity contribution in [1.29, 1.82) is 0 Å². The maximum atomic E-state index is 5.51. The fourth-order valence-corrected chi connectivity index (χ4v) is 2.14. The molecule has 0 aliphatic carbocycles. The monoisotopic (exact) mass is 237 g/mol. The highest BCUT2D eigenvalue weighted by Crippen LogP contribution is 2.12. The molecule has 0 aliphatic rings. The number of hydrogen-bond acceptors (Lipinski definition) is 5. The molecule has 86 valence electrons. The summed E-state index contributed by atoms with van der Waals surface area (Å²) in [5, 5.41) is 10.1. The van der Waals surface area contributed by atoms with E-state index >= 15 is 0 Å². The lowest BCUT2D eigenvalue weighted by Crippen LogP contribution is -2.00. The zero-order chi connectivity index (χ0) is 11.2. The van der Waals surface area contributed by atoms with E-state index in [2.05, 4.69) is 27.7 Å². The molecule has 0 amide bonds. The Morgan fingerprint density at radius 2 is 2.00 bits per heavy atom. The van der Waals surface area contributed by atoms with Crippen LogP contribution in [0.25, 0.3) is 0 Å². The van der Waals surface area contributed by atoms with Crippen LogP contribution in [0.2, 0.25) is 0 Å². The highest BCUT2D eigenvalue weighted by Gasteiger charge is 2.05. The predicted octanol–water partition coefficient (Wildman–Crippen LogP) is 1.81. The van der Waals surface area contributed by atoms with Gasteiger partial charge in [-0.05, 0) is 30.8 Å². The Kier molecular flexibility index (Phi) is 4.07. The molecular weight excluding hydrogens is 222 g/mol. The summed E-state index contributed by atoms with van der Waals surface area (Å²) in [5.74, 6) is 1.42. The van der Waals surface area contributed by atoms with Gasteiger partial charge in [-0.15, -0.1) is 21.5 Å². The quantitative estimate of drug-likeness (QED) is 0.832. The number of rotatable bonds is 6. The normalized spacial score (nSPS) is 10.8. The van der Waals surface area contributed by atoms with Gasteiger partial charge in [0.25, 0.3) is 0 Å². The van der Waals surface area contributed by atoms with Crippen molar-refractivity contribution in [3.8, 4) is 0 Å². The van der Waals surface area contributed by atoms with Crippen LogP contribution in [0.1, 0.15) is 23.1 Å². The fourth-order valence-electron chi connectivity index (χ4n) is 1.43. The molecule has 0 saturated carbocycles. The molecule has 0 radical (unpaired) electrons. The van der Waals surface area contributed by atoms with Crippen LogP contribution in [0.5, 0.6) is 0 Å². The van der Waals surface area contributed by atoms with E-state index in [4.69, 9.17) is 10.2 Å². The van der Waals surface area contributed by atoms with E-state index in [0.29, 0.717) is 12.4 Å². The van der Waals surface area contributed by atoms with Gasteiger partial charge in [-0.2, -0.15) is 0 Å². The van der Waals surface area contributed by atoms with Crippen molar-refractivity contribution in [3.05, 3.63) is 34.2 Å². The minimum Gasteiger partial charge on any atom is -0.425 e. The first-order valence-electron chi connectivity index (χ1n) is 5.42. The van der Waals surface area contributed by atoms with Gasteiger partial charge in [-0.25, -0.2) is 0 Å². The van der Waals surface area contributed by atoms with Crippen molar-refractivity contribution in [2.24, 2.45) is 5.73 Å². The second-order valence-electron chi connectivity index (χ2n) is 3.56. The van der Waals surface area contributed by atoms with Crippen molar-refractivity contribution in [2.45, 2.75) is 25.7 Å². The second kappa shape index (κ2) is 5.77. The number of nitrogens with two attached hydrogens (primary N) is 1. The van der Waals surface area contributed by atoms with E-state index in [1.807, 2.05) is 0 Å². The van der Waals surface area contributed by atoms with Crippen LogP contribution in [-0.4, -0.2) is 16.7 Å². The Bertz CT molecular complexity index is 411. The summed E-state index contributed by atoms with van der Waals surface area (Å²) in [5.41, 5.74) is 5.42. The smallest absolute Gasteiger partial charge is 0.216 e. The van der Waals surface area contributed by atoms with Gasteiger partial charge in [0.15, 0.2) is 0 Å². The SMILES string of the molecule is NCCCc1nnc(CCc2cccs2)o1. The van der Waals surface area contributed by atoms with Crippen molar-refractivity contribution < 1.29 is 4.42 Å². The van der Waals surface area contributed by atoms with Crippen LogP contribution in [0.4, 0.5) is 0 Å². The average molecular weight is 237 g/mol. The van der Waals surface area contributed by atoms with Gasteiger partial charge in [0.1, 0.15) is 0 Å². The summed E-state index contributed by atoms with van der Waals surface area (Å²) in [4.78, 5) is 1.35. The van der Waals surface area contributed by atoms with E-state index in [1.54, 1.807) is 11.3 Å². The number of hydrogen-bond donors (Lipinski definition) is 1. The second-order valence-corrected chi connectivity index (χ2v) is 4.59. The molecule has 0 fully saturated rings. The predicted molar refractivity (Wildman–Crippen MR) is 63.4 cm³/mol.